The van der Waals surface area contributed by atoms with Gasteiger partial charge in [-0.1, -0.05) is 0 Å². The molecule has 1 atom stereocenters. The molecule has 0 aliphatic rings. The molecule has 0 fully saturated rings. The van der Waals surface area contributed by atoms with Crippen molar-refractivity contribution in [2.24, 2.45) is 0 Å². The van der Waals surface area contributed by atoms with Gasteiger partial charge in [-0.2, -0.15) is 0 Å². The minimum Gasteiger partial charge on any atom is -0.481 e. The molecule has 0 rings (SSSR count). The second kappa shape index (κ2) is 5.70. The molecule has 4 nitrogen and oxygen atoms in total. The van der Waals surface area contributed by atoms with Crippen LogP contribution in [0.3, 0.4) is 0 Å². The molecule has 4 heteroatoms. The molecular weight excluding hydrogens is 170 g/mol. The summed E-state index contributed by atoms with van der Waals surface area (Å²) < 4.78 is 0. The number of hydrogen-bond acceptors (Lipinski definition) is 3. The highest BCUT2D eigenvalue weighted by Crippen LogP contribution is 2.06. The van der Waals surface area contributed by atoms with Crippen molar-refractivity contribution in [2.45, 2.75) is 38.8 Å². The maximum atomic E-state index is 10.6. The molecule has 1 N–H and O–H groups in total. The normalized spacial score (nSPS) is 13.3. The van der Waals surface area contributed by atoms with Crippen LogP contribution in [0.4, 0.5) is 0 Å². The smallest absolute Gasteiger partial charge is 0.303 e. The molecule has 0 aliphatic carbocycles. The number of carboxylic acid groups (broad SMARTS) is 1. The molecular formula is C9H17NO3. The van der Waals surface area contributed by atoms with Gasteiger partial charge in [-0.25, -0.2) is 0 Å². The van der Waals surface area contributed by atoms with Crippen molar-refractivity contribution in [3.8, 4) is 0 Å². The van der Waals surface area contributed by atoms with E-state index in [1.165, 1.54) is 0 Å². The summed E-state index contributed by atoms with van der Waals surface area (Å²) in [6.07, 6.45) is 1.23. The summed E-state index contributed by atoms with van der Waals surface area (Å²) in [5.41, 5.74) is 0. The van der Waals surface area contributed by atoms with Gasteiger partial charge in [0.2, 0.25) is 0 Å². The van der Waals surface area contributed by atoms with Crippen molar-refractivity contribution in [1.82, 2.24) is 4.90 Å². The first-order chi connectivity index (χ1) is 5.99. The third kappa shape index (κ3) is 4.62. The maximum Gasteiger partial charge on any atom is 0.303 e. The zero-order chi connectivity index (χ0) is 10.4. The van der Waals surface area contributed by atoms with Crippen LogP contribution in [0, 0.1) is 0 Å². The fraction of sp³-hybridized carbons (Fsp3) is 0.778. The molecule has 0 aromatic heterocycles. The molecule has 0 saturated heterocycles. The lowest BCUT2D eigenvalue weighted by molar-refractivity contribution is -0.137. The molecule has 0 aliphatic heterocycles. The summed E-state index contributed by atoms with van der Waals surface area (Å²) in [4.78, 5) is 22.8. The van der Waals surface area contributed by atoms with Crippen molar-refractivity contribution in [3.05, 3.63) is 0 Å². The Morgan fingerprint density at radius 1 is 1.54 bits per heavy atom. The number of nitrogens with zero attached hydrogens (tertiary/aromatic N) is 1. The zero-order valence-corrected chi connectivity index (χ0v) is 8.36. The Morgan fingerprint density at radius 2 is 2.08 bits per heavy atom. The van der Waals surface area contributed by atoms with Gasteiger partial charge in [-0.05, 0) is 27.3 Å². The third-order valence-corrected chi connectivity index (χ3v) is 2.15. The van der Waals surface area contributed by atoms with E-state index < -0.39 is 5.97 Å². The average molecular weight is 187 g/mol. The number of rotatable bonds is 6. The minimum atomic E-state index is -0.857. The van der Waals surface area contributed by atoms with Crippen LogP contribution >= 0.6 is 0 Å². The van der Waals surface area contributed by atoms with Gasteiger partial charge in [0.1, 0.15) is 6.29 Å². The largest absolute Gasteiger partial charge is 0.481 e. The number of carbonyl (C=O) groups is 2. The summed E-state index contributed by atoms with van der Waals surface area (Å²) in [5.74, 6) is -0.857. The van der Waals surface area contributed by atoms with Crippen LogP contribution in [0.5, 0.6) is 0 Å². The van der Waals surface area contributed by atoms with Crippen LogP contribution in [0.2, 0.25) is 0 Å². The van der Waals surface area contributed by atoms with Gasteiger partial charge >= 0.3 is 5.97 Å². The van der Waals surface area contributed by atoms with Crippen molar-refractivity contribution >= 4 is 12.3 Å². The van der Waals surface area contributed by atoms with Gasteiger partial charge in [0.05, 0.1) is 6.04 Å². The number of aldehydes is 1. The van der Waals surface area contributed by atoms with E-state index >= 15 is 0 Å². The summed E-state index contributed by atoms with van der Waals surface area (Å²) in [7, 11) is 1.82. The van der Waals surface area contributed by atoms with E-state index in [1.807, 2.05) is 25.8 Å². The van der Waals surface area contributed by atoms with E-state index in [0.717, 1.165) is 6.29 Å². The van der Waals surface area contributed by atoms with Crippen LogP contribution in [0.25, 0.3) is 0 Å². The van der Waals surface area contributed by atoms with E-state index in [0.29, 0.717) is 6.42 Å². The minimum absolute atomic E-state index is 0.0421. The molecule has 0 amide bonds. The quantitative estimate of drug-likeness (QED) is 0.624. The van der Waals surface area contributed by atoms with Gasteiger partial charge in [0.25, 0.3) is 0 Å². The topological polar surface area (TPSA) is 57.6 Å². The Bertz CT molecular complexity index is 180. The number of aliphatic carboxylic acids is 1. The SMILES string of the molecule is CC(C)N(C)C(C=O)CCC(=O)O. The predicted molar refractivity (Wildman–Crippen MR) is 49.6 cm³/mol. The zero-order valence-electron chi connectivity index (χ0n) is 8.36. The molecule has 76 valence electrons. The highest BCUT2D eigenvalue weighted by Gasteiger charge is 2.17. The summed E-state index contributed by atoms with van der Waals surface area (Å²) >= 11 is 0. The molecule has 13 heavy (non-hydrogen) atoms. The first-order valence-corrected chi connectivity index (χ1v) is 4.38. The third-order valence-electron chi connectivity index (χ3n) is 2.15. The van der Waals surface area contributed by atoms with Crippen LogP contribution in [-0.4, -0.2) is 41.4 Å². The molecule has 0 spiro atoms. The van der Waals surface area contributed by atoms with Crippen LogP contribution in [-0.2, 0) is 9.59 Å². The van der Waals surface area contributed by atoms with Gasteiger partial charge in [0, 0.05) is 12.5 Å². The lowest BCUT2D eigenvalue weighted by Gasteiger charge is -2.26. The van der Waals surface area contributed by atoms with E-state index in [-0.39, 0.29) is 18.5 Å². The number of likely N-dealkylation sites (N-methyl/N-ethyl adjacent to an activating group) is 1. The molecule has 0 heterocycles. The standard InChI is InChI=1S/C9H17NO3/c1-7(2)10(3)8(6-11)4-5-9(12)13/h6-8H,4-5H2,1-3H3,(H,12,13). The Balaban J connectivity index is 4.02. The molecule has 0 aromatic carbocycles. The van der Waals surface area contributed by atoms with E-state index in [2.05, 4.69) is 0 Å². The van der Waals surface area contributed by atoms with Gasteiger partial charge in [-0.15, -0.1) is 0 Å². The maximum absolute atomic E-state index is 10.6. The number of hydrogen-bond donors (Lipinski definition) is 1. The Morgan fingerprint density at radius 3 is 2.38 bits per heavy atom. The fourth-order valence-electron chi connectivity index (χ4n) is 1.02. The average Bonchev–Trinajstić information content (AvgIpc) is 2.04. The molecule has 1 unspecified atom stereocenters. The van der Waals surface area contributed by atoms with Gasteiger partial charge in [0.15, 0.2) is 0 Å². The van der Waals surface area contributed by atoms with E-state index in [4.69, 9.17) is 5.11 Å². The molecule has 0 saturated carbocycles. The van der Waals surface area contributed by atoms with Crippen LogP contribution < -0.4 is 0 Å². The first-order valence-electron chi connectivity index (χ1n) is 4.38. The van der Waals surface area contributed by atoms with Crippen molar-refractivity contribution in [3.63, 3.8) is 0 Å². The Kier molecular flexibility index (Phi) is 5.30. The monoisotopic (exact) mass is 187 g/mol. The van der Waals surface area contributed by atoms with Gasteiger partial charge in [-0.3, -0.25) is 9.69 Å². The summed E-state index contributed by atoms with van der Waals surface area (Å²) in [6, 6.07) is -0.0277. The molecule has 0 radical (unpaired) electrons. The second-order valence-electron chi connectivity index (χ2n) is 3.40. The molecule has 0 aromatic rings. The van der Waals surface area contributed by atoms with Crippen LogP contribution in [0.1, 0.15) is 26.7 Å². The van der Waals surface area contributed by atoms with Crippen molar-refractivity contribution in [1.29, 1.82) is 0 Å². The Labute approximate surface area is 78.5 Å². The van der Waals surface area contributed by atoms with Crippen LogP contribution in [0.15, 0.2) is 0 Å². The van der Waals surface area contributed by atoms with Crippen molar-refractivity contribution in [2.75, 3.05) is 7.05 Å². The summed E-state index contributed by atoms with van der Waals surface area (Å²) in [5, 5.41) is 8.44. The lowest BCUT2D eigenvalue weighted by atomic mass is 10.1. The van der Waals surface area contributed by atoms with Crippen molar-refractivity contribution < 1.29 is 14.7 Å². The Hall–Kier alpha value is -0.900. The highest BCUT2D eigenvalue weighted by molar-refractivity contribution is 5.68. The van der Waals surface area contributed by atoms with E-state index in [9.17, 15) is 9.59 Å². The van der Waals surface area contributed by atoms with Gasteiger partial charge < -0.3 is 9.90 Å². The summed E-state index contributed by atoms with van der Waals surface area (Å²) in [6.45, 7) is 3.94. The molecule has 0 bridgehead atoms. The number of carboxylic acids is 1. The number of carbonyl (C=O) groups excluding carboxylic acids is 1. The predicted octanol–water partition coefficient (Wildman–Crippen LogP) is 0.759. The lowest BCUT2D eigenvalue weighted by Crippen LogP contribution is -2.38. The fourth-order valence-corrected chi connectivity index (χ4v) is 1.02. The van der Waals surface area contributed by atoms with E-state index in [1.54, 1.807) is 0 Å². The second-order valence-corrected chi connectivity index (χ2v) is 3.40. The highest BCUT2D eigenvalue weighted by atomic mass is 16.4. The first kappa shape index (κ1) is 12.1.